The van der Waals surface area contributed by atoms with Gasteiger partial charge < -0.3 is 20.3 Å². The molecule has 0 radical (unpaired) electrons. The van der Waals surface area contributed by atoms with Crippen LogP contribution in [0.5, 0.6) is 0 Å². The van der Waals surface area contributed by atoms with Crippen LogP contribution in [0.4, 0.5) is 4.79 Å². The average Bonchev–Trinajstić information content (AvgIpc) is 2.10. The minimum absolute atomic E-state index is 0.0494. The molecule has 0 saturated carbocycles. The first kappa shape index (κ1) is 18.8. The highest BCUT2D eigenvalue weighted by molar-refractivity contribution is 5.67. The Labute approximate surface area is 108 Å². The van der Waals surface area contributed by atoms with Gasteiger partial charge in [0.1, 0.15) is 5.60 Å². The van der Waals surface area contributed by atoms with Crippen LogP contribution < -0.4 is 5.73 Å². The minimum atomic E-state index is -0.837. The number of primary amides is 1. The van der Waals surface area contributed by atoms with Crippen molar-refractivity contribution in [1.82, 2.24) is 0 Å². The normalized spacial score (nSPS) is 11.8. The summed E-state index contributed by atoms with van der Waals surface area (Å²) in [6.45, 7) is 10.9. The SMILES string of the molecule is C=CCOC(C)CC(=O)O.CC(C)(C)OC(N)=O. The van der Waals surface area contributed by atoms with Gasteiger partial charge in [0.2, 0.25) is 0 Å². The number of carbonyl (C=O) groups is 2. The van der Waals surface area contributed by atoms with E-state index < -0.39 is 17.7 Å². The molecule has 1 amide bonds. The zero-order chi connectivity index (χ0) is 14.8. The number of carboxylic acid groups (broad SMARTS) is 1. The van der Waals surface area contributed by atoms with E-state index in [9.17, 15) is 9.59 Å². The van der Waals surface area contributed by atoms with Crippen molar-refractivity contribution in [1.29, 1.82) is 0 Å². The smallest absolute Gasteiger partial charge is 0.405 e. The number of hydrogen-bond donors (Lipinski definition) is 2. The standard InChI is InChI=1S/C7H12O3.C5H11NO2/c1-3-4-10-6(2)5-7(8)9;1-5(2,3)8-4(6)7/h3,6H,1,4-5H2,2H3,(H,8,9);1-3H3,(H2,6,7). The Kier molecular flexibility index (Phi) is 9.89. The lowest BCUT2D eigenvalue weighted by molar-refractivity contribution is -0.139. The second-order valence-corrected chi connectivity index (χ2v) is 4.56. The molecule has 0 saturated heterocycles. The van der Waals surface area contributed by atoms with Crippen molar-refractivity contribution in [2.24, 2.45) is 5.73 Å². The number of nitrogens with two attached hydrogens (primary N) is 1. The Balaban J connectivity index is 0. The van der Waals surface area contributed by atoms with Gasteiger partial charge in [-0.3, -0.25) is 4.79 Å². The average molecular weight is 261 g/mol. The highest BCUT2D eigenvalue weighted by atomic mass is 16.6. The molecule has 3 N–H and O–H groups in total. The molecular formula is C12H23NO5. The predicted molar refractivity (Wildman–Crippen MR) is 68.3 cm³/mol. The van der Waals surface area contributed by atoms with Crippen molar-refractivity contribution in [3.63, 3.8) is 0 Å². The van der Waals surface area contributed by atoms with E-state index in [2.05, 4.69) is 11.3 Å². The topological polar surface area (TPSA) is 98.8 Å². The summed E-state index contributed by atoms with van der Waals surface area (Å²) < 4.78 is 9.58. The first-order chi connectivity index (χ1) is 8.08. The zero-order valence-corrected chi connectivity index (χ0v) is 11.4. The minimum Gasteiger partial charge on any atom is -0.481 e. The van der Waals surface area contributed by atoms with Crippen LogP contribution >= 0.6 is 0 Å². The highest BCUT2D eigenvalue weighted by Gasteiger charge is 2.12. The molecule has 0 aromatic carbocycles. The molecule has 0 aliphatic carbocycles. The van der Waals surface area contributed by atoms with Gasteiger partial charge in [-0.15, -0.1) is 6.58 Å². The van der Waals surface area contributed by atoms with E-state index in [1.165, 1.54) is 0 Å². The summed E-state index contributed by atoms with van der Waals surface area (Å²) in [5, 5.41) is 8.28. The fourth-order valence-corrected chi connectivity index (χ4v) is 0.839. The van der Waals surface area contributed by atoms with E-state index in [1.54, 1.807) is 33.8 Å². The van der Waals surface area contributed by atoms with Crippen LogP contribution in [-0.4, -0.2) is 35.5 Å². The molecule has 106 valence electrons. The second-order valence-electron chi connectivity index (χ2n) is 4.56. The molecule has 6 nitrogen and oxygen atoms in total. The van der Waals surface area contributed by atoms with Crippen LogP contribution in [0.1, 0.15) is 34.1 Å². The van der Waals surface area contributed by atoms with Crippen LogP contribution in [0, 0.1) is 0 Å². The number of aliphatic carboxylic acids is 1. The van der Waals surface area contributed by atoms with Crippen molar-refractivity contribution >= 4 is 12.1 Å². The van der Waals surface area contributed by atoms with Crippen LogP contribution in [0.3, 0.4) is 0 Å². The van der Waals surface area contributed by atoms with E-state index in [4.69, 9.17) is 15.6 Å². The number of amides is 1. The summed E-state index contributed by atoms with van der Waals surface area (Å²) in [6, 6.07) is 0. The van der Waals surface area contributed by atoms with Crippen molar-refractivity contribution in [3.8, 4) is 0 Å². The molecule has 18 heavy (non-hydrogen) atoms. The van der Waals surface area contributed by atoms with Crippen LogP contribution in [0.15, 0.2) is 12.7 Å². The summed E-state index contributed by atoms with van der Waals surface area (Å²) in [5.41, 5.74) is 4.26. The molecule has 0 aliphatic rings. The maximum absolute atomic E-state index is 10.1. The number of carbonyl (C=O) groups excluding carboxylic acids is 1. The Bertz CT molecular complexity index is 270. The first-order valence-corrected chi connectivity index (χ1v) is 5.51. The Hall–Kier alpha value is -1.56. The molecule has 0 rings (SSSR count). The fraction of sp³-hybridized carbons (Fsp3) is 0.667. The molecule has 0 bridgehead atoms. The maximum atomic E-state index is 10.1. The van der Waals surface area contributed by atoms with E-state index in [-0.39, 0.29) is 12.5 Å². The van der Waals surface area contributed by atoms with Crippen LogP contribution in [-0.2, 0) is 14.3 Å². The van der Waals surface area contributed by atoms with E-state index in [0.29, 0.717) is 6.61 Å². The van der Waals surface area contributed by atoms with E-state index >= 15 is 0 Å². The monoisotopic (exact) mass is 261 g/mol. The molecule has 0 aliphatic heterocycles. The van der Waals surface area contributed by atoms with Crippen molar-refractivity contribution in [2.45, 2.75) is 45.8 Å². The third-order valence-electron chi connectivity index (χ3n) is 1.37. The third kappa shape index (κ3) is 19.9. The van der Waals surface area contributed by atoms with Gasteiger partial charge in [-0.1, -0.05) is 6.08 Å². The summed E-state index contributed by atoms with van der Waals surface area (Å²) >= 11 is 0. The fourth-order valence-electron chi connectivity index (χ4n) is 0.839. The molecule has 0 aromatic rings. The van der Waals surface area contributed by atoms with Crippen LogP contribution in [0.2, 0.25) is 0 Å². The van der Waals surface area contributed by atoms with Crippen molar-refractivity contribution < 1.29 is 24.2 Å². The number of rotatable bonds is 5. The lowest BCUT2D eigenvalue weighted by atomic mass is 10.2. The second kappa shape index (κ2) is 9.47. The first-order valence-electron chi connectivity index (χ1n) is 5.51. The summed E-state index contributed by atoms with van der Waals surface area (Å²) in [7, 11) is 0. The Morgan fingerprint density at radius 2 is 1.94 bits per heavy atom. The lowest BCUT2D eigenvalue weighted by Crippen LogP contribution is -2.27. The molecule has 0 heterocycles. The maximum Gasteiger partial charge on any atom is 0.405 e. The molecule has 6 heteroatoms. The molecule has 0 fully saturated rings. The molecule has 0 aromatic heterocycles. The molecule has 0 spiro atoms. The highest BCUT2D eigenvalue weighted by Crippen LogP contribution is 2.04. The number of ether oxygens (including phenoxy) is 2. The summed E-state index contributed by atoms with van der Waals surface area (Å²) in [6.07, 6.45) is 0.694. The molecule has 1 atom stereocenters. The van der Waals surface area contributed by atoms with Gasteiger partial charge in [0.25, 0.3) is 0 Å². The number of hydrogen-bond acceptors (Lipinski definition) is 4. The zero-order valence-electron chi connectivity index (χ0n) is 11.4. The van der Waals surface area contributed by atoms with Crippen molar-refractivity contribution in [2.75, 3.05) is 6.61 Å². The quantitative estimate of drug-likeness (QED) is 0.737. The molecular weight excluding hydrogens is 238 g/mol. The number of carboxylic acids is 1. The van der Waals surface area contributed by atoms with E-state index in [1.807, 2.05) is 0 Å². The van der Waals surface area contributed by atoms with Gasteiger partial charge in [-0.05, 0) is 27.7 Å². The third-order valence-corrected chi connectivity index (χ3v) is 1.37. The van der Waals surface area contributed by atoms with Crippen molar-refractivity contribution in [3.05, 3.63) is 12.7 Å². The summed E-state index contributed by atoms with van der Waals surface area (Å²) in [5.74, 6) is -0.837. The summed E-state index contributed by atoms with van der Waals surface area (Å²) in [4.78, 5) is 20.1. The van der Waals surface area contributed by atoms with E-state index in [0.717, 1.165) is 0 Å². The largest absolute Gasteiger partial charge is 0.481 e. The predicted octanol–water partition coefficient (Wildman–Crippen LogP) is 1.93. The Morgan fingerprint density at radius 1 is 1.44 bits per heavy atom. The van der Waals surface area contributed by atoms with Gasteiger partial charge in [0.15, 0.2) is 0 Å². The molecule has 1 unspecified atom stereocenters. The van der Waals surface area contributed by atoms with Gasteiger partial charge in [-0.2, -0.15) is 0 Å². The van der Waals surface area contributed by atoms with Crippen LogP contribution in [0.25, 0.3) is 0 Å². The van der Waals surface area contributed by atoms with Gasteiger partial charge in [0, 0.05) is 0 Å². The van der Waals surface area contributed by atoms with Gasteiger partial charge in [-0.25, -0.2) is 4.79 Å². The Morgan fingerprint density at radius 3 is 2.17 bits per heavy atom. The lowest BCUT2D eigenvalue weighted by Gasteiger charge is -2.16. The van der Waals surface area contributed by atoms with Gasteiger partial charge in [0.05, 0.1) is 19.1 Å². The van der Waals surface area contributed by atoms with Gasteiger partial charge >= 0.3 is 12.1 Å².